The number of aromatic nitrogens is 2. The van der Waals surface area contributed by atoms with E-state index in [1.165, 1.54) is 12.6 Å². The second-order valence-electron chi connectivity index (χ2n) is 4.71. The van der Waals surface area contributed by atoms with Crippen molar-refractivity contribution in [3.63, 3.8) is 0 Å². The van der Waals surface area contributed by atoms with E-state index in [1.54, 1.807) is 18.2 Å². The molecule has 1 aliphatic heterocycles. The van der Waals surface area contributed by atoms with Crippen LogP contribution in [0.1, 0.15) is 0 Å². The number of anilines is 1. The topological polar surface area (TPSA) is 83.4 Å². The lowest BCUT2D eigenvalue weighted by Gasteiger charge is -2.37. The molecular formula is C12H13N3O3S. The van der Waals surface area contributed by atoms with Crippen LogP contribution in [0.4, 0.5) is 5.82 Å². The fraction of sp³-hybridized carbons (Fsp3) is 0.333. The standard InChI is InChI=1S/C12H13N3O3S/c1-19(17,18)9-2-3-11-10(4-9)12(14-7-13-11)15-5-8(16)6-15/h2-4,7-8,16H,5-6H2,1H3. The summed E-state index contributed by atoms with van der Waals surface area (Å²) in [6.45, 7) is 1.02. The van der Waals surface area contributed by atoms with Crippen LogP contribution in [0.5, 0.6) is 0 Å². The second kappa shape index (κ2) is 4.14. The summed E-state index contributed by atoms with van der Waals surface area (Å²) < 4.78 is 23.2. The summed E-state index contributed by atoms with van der Waals surface area (Å²) in [5, 5.41) is 10.0. The first-order chi connectivity index (χ1) is 8.95. The molecule has 0 radical (unpaired) electrons. The zero-order valence-electron chi connectivity index (χ0n) is 10.3. The van der Waals surface area contributed by atoms with Gasteiger partial charge in [-0.05, 0) is 18.2 Å². The average Bonchev–Trinajstić information content (AvgIpc) is 2.33. The molecule has 1 N–H and O–H groups in total. The van der Waals surface area contributed by atoms with Crippen LogP contribution in [0.3, 0.4) is 0 Å². The van der Waals surface area contributed by atoms with E-state index in [0.29, 0.717) is 29.8 Å². The van der Waals surface area contributed by atoms with Crippen LogP contribution < -0.4 is 4.90 Å². The molecule has 0 atom stereocenters. The predicted molar refractivity (Wildman–Crippen MR) is 70.9 cm³/mol. The summed E-state index contributed by atoms with van der Waals surface area (Å²) in [4.78, 5) is 10.5. The molecule has 1 aromatic carbocycles. The van der Waals surface area contributed by atoms with E-state index in [-0.39, 0.29) is 11.0 Å². The van der Waals surface area contributed by atoms with Crippen molar-refractivity contribution in [3.8, 4) is 0 Å². The highest BCUT2D eigenvalue weighted by molar-refractivity contribution is 7.90. The number of aliphatic hydroxyl groups is 1. The van der Waals surface area contributed by atoms with Crippen molar-refractivity contribution in [2.45, 2.75) is 11.0 Å². The van der Waals surface area contributed by atoms with Gasteiger partial charge in [-0.1, -0.05) is 0 Å². The molecule has 0 amide bonds. The number of hydrogen-bond acceptors (Lipinski definition) is 6. The lowest BCUT2D eigenvalue weighted by Crippen LogP contribution is -2.51. The Balaban J connectivity index is 2.17. The molecule has 1 saturated heterocycles. The van der Waals surface area contributed by atoms with Crippen LogP contribution in [0.25, 0.3) is 10.9 Å². The van der Waals surface area contributed by atoms with Crippen molar-refractivity contribution in [2.24, 2.45) is 0 Å². The molecule has 7 heteroatoms. The van der Waals surface area contributed by atoms with Crippen molar-refractivity contribution in [1.29, 1.82) is 0 Å². The van der Waals surface area contributed by atoms with Crippen LogP contribution in [0, 0.1) is 0 Å². The Morgan fingerprint density at radius 3 is 2.68 bits per heavy atom. The van der Waals surface area contributed by atoms with Crippen LogP contribution in [0.15, 0.2) is 29.4 Å². The summed E-state index contributed by atoms with van der Waals surface area (Å²) >= 11 is 0. The largest absolute Gasteiger partial charge is 0.389 e. The van der Waals surface area contributed by atoms with Crippen LogP contribution in [-0.2, 0) is 9.84 Å². The third kappa shape index (κ3) is 2.15. The van der Waals surface area contributed by atoms with Crippen LogP contribution in [-0.4, -0.2) is 48.9 Å². The molecule has 1 fully saturated rings. The van der Waals surface area contributed by atoms with E-state index >= 15 is 0 Å². The van der Waals surface area contributed by atoms with Gasteiger partial charge in [0.05, 0.1) is 16.5 Å². The third-order valence-electron chi connectivity index (χ3n) is 3.18. The smallest absolute Gasteiger partial charge is 0.175 e. The summed E-state index contributed by atoms with van der Waals surface area (Å²) in [5.41, 5.74) is 0.693. The molecule has 2 aromatic rings. The summed E-state index contributed by atoms with van der Waals surface area (Å²) in [5.74, 6) is 0.667. The van der Waals surface area contributed by atoms with Crippen LogP contribution in [0.2, 0.25) is 0 Å². The zero-order chi connectivity index (χ0) is 13.6. The average molecular weight is 279 g/mol. The Hall–Kier alpha value is -1.73. The molecule has 0 saturated carbocycles. The normalized spacial score (nSPS) is 16.6. The van der Waals surface area contributed by atoms with Crippen molar-refractivity contribution in [1.82, 2.24) is 9.97 Å². The van der Waals surface area contributed by atoms with E-state index in [4.69, 9.17) is 0 Å². The number of hydrogen-bond donors (Lipinski definition) is 1. The number of nitrogens with zero attached hydrogens (tertiary/aromatic N) is 3. The number of aliphatic hydroxyl groups excluding tert-OH is 1. The maximum Gasteiger partial charge on any atom is 0.175 e. The van der Waals surface area contributed by atoms with Gasteiger partial charge in [0.15, 0.2) is 9.84 Å². The fourth-order valence-corrected chi connectivity index (χ4v) is 2.78. The van der Waals surface area contributed by atoms with Crippen molar-refractivity contribution in [2.75, 3.05) is 24.2 Å². The van der Waals surface area contributed by atoms with E-state index in [9.17, 15) is 13.5 Å². The van der Waals surface area contributed by atoms with Gasteiger partial charge in [0.2, 0.25) is 0 Å². The van der Waals surface area contributed by atoms with Gasteiger partial charge in [0, 0.05) is 24.7 Å². The zero-order valence-corrected chi connectivity index (χ0v) is 11.1. The molecule has 0 aliphatic carbocycles. The van der Waals surface area contributed by atoms with Crippen molar-refractivity contribution < 1.29 is 13.5 Å². The summed E-state index contributed by atoms with van der Waals surface area (Å²) in [6.07, 6.45) is 2.27. The highest BCUT2D eigenvalue weighted by Gasteiger charge is 2.27. The number of benzene rings is 1. The molecule has 0 bridgehead atoms. The molecule has 3 rings (SSSR count). The minimum Gasteiger partial charge on any atom is -0.389 e. The Bertz CT molecular complexity index is 739. The minimum atomic E-state index is -3.26. The van der Waals surface area contributed by atoms with E-state index in [1.807, 2.05) is 4.90 Å². The monoisotopic (exact) mass is 279 g/mol. The first-order valence-electron chi connectivity index (χ1n) is 5.83. The van der Waals surface area contributed by atoms with Gasteiger partial charge < -0.3 is 10.0 Å². The van der Waals surface area contributed by atoms with Crippen molar-refractivity contribution in [3.05, 3.63) is 24.5 Å². The Labute approximate surface area is 110 Å². The summed E-state index contributed by atoms with van der Waals surface area (Å²) in [6, 6.07) is 4.80. The van der Waals surface area contributed by atoms with Gasteiger partial charge in [-0.2, -0.15) is 0 Å². The fourth-order valence-electron chi connectivity index (χ4n) is 2.13. The van der Waals surface area contributed by atoms with E-state index in [2.05, 4.69) is 9.97 Å². The molecule has 1 aliphatic rings. The molecule has 2 heterocycles. The molecule has 100 valence electrons. The van der Waals surface area contributed by atoms with E-state index < -0.39 is 9.84 Å². The van der Waals surface area contributed by atoms with Gasteiger partial charge in [-0.3, -0.25) is 0 Å². The Morgan fingerprint density at radius 1 is 1.32 bits per heavy atom. The number of rotatable bonds is 2. The predicted octanol–water partition coefficient (Wildman–Crippen LogP) is 0.214. The second-order valence-corrected chi connectivity index (χ2v) is 6.72. The summed E-state index contributed by atoms with van der Waals surface area (Å²) in [7, 11) is -3.26. The van der Waals surface area contributed by atoms with Crippen LogP contribution >= 0.6 is 0 Å². The van der Waals surface area contributed by atoms with Gasteiger partial charge in [-0.15, -0.1) is 0 Å². The number of fused-ring (bicyclic) bond motifs is 1. The lowest BCUT2D eigenvalue weighted by molar-refractivity contribution is 0.141. The quantitative estimate of drug-likeness (QED) is 0.846. The first kappa shape index (κ1) is 12.3. The van der Waals surface area contributed by atoms with E-state index in [0.717, 1.165) is 0 Å². The number of sulfone groups is 1. The molecule has 1 aromatic heterocycles. The first-order valence-corrected chi connectivity index (χ1v) is 7.72. The van der Waals surface area contributed by atoms with Gasteiger partial charge in [0.1, 0.15) is 12.1 Å². The van der Waals surface area contributed by atoms with Gasteiger partial charge in [0.25, 0.3) is 0 Å². The minimum absolute atomic E-state index is 0.247. The molecule has 19 heavy (non-hydrogen) atoms. The highest BCUT2D eigenvalue weighted by atomic mass is 32.2. The molecule has 6 nitrogen and oxygen atoms in total. The Kier molecular flexibility index (Phi) is 2.68. The molecular weight excluding hydrogens is 266 g/mol. The molecule has 0 spiro atoms. The Morgan fingerprint density at radius 2 is 2.05 bits per heavy atom. The van der Waals surface area contributed by atoms with Gasteiger partial charge in [-0.25, -0.2) is 18.4 Å². The SMILES string of the molecule is CS(=O)(=O)c1ccc2ncnc(N3CC(O)C3)c2c1. The van der Waals surface area contributed by atoms with Crippen molar-refractivity contribution >= 4 is 26.6 Å². The maximum absolute atomic E-state index is 11.6. The lowest BCUT2D eigenvalue weighted by atomic mass is 10.1. The molecule has 0 unspecified atom stereocenters. The highest BCUT2D eigenvalue weighted by Crippen LogP contribution is 2.28. The van der Waals surface area contributed by atoms with Gasteiger partial charge >= 0.3 is 0 Å². The maximum atomic E-state index is 11.6. The third-order valence-corrected chi connectivity index (χ3v) is 4.29. The number of β-amino-alcohol motifs (C(OH)–C–C–N with tert-alkyl or cyclic N) is 1.